The van der Waals surface area contributed by atoms with Crippen molar-refractivity contribution in [3.05, 3.63) is 6.33 Å². The highest BCUT2D eigenvalue weighted by Crippen LogP contribution is 2.26. The molecule has 2 unspecified atom stereocenters. The molecule has 1 rings (SSSR count). The first-order chi connectivity index (χ1) is 8.39. The molecule has 0 fully saturated rings. The van der Waals surface area contributed by atoms with Crippen molar-refractivity contribution in [1.82, 2.24) is 20.1 Å². The highest BCUT2D eigenvalue weighted by molar-refractivity contribution is 7.99. The van der Waals surface area contributed by atoms with Crippen LogP contribution in [-0.4, -0.2) is 38.0 Å². The van der Waals surface area contributed by atoms with Gasteiger partial charge in [-0.3, -0.25) is 4.79 Å². The van der Waals surface area contributed by atoms with Gasteiger partial charge in [0.15, 0.2) is 5.16 Å². The quantitative estimate of drug-likeness (QED) is 0.707. The van der Waals surface area contributed by atoms with Gasteiger partial charge in [-0.15, -0.1) is 10.2 Å². The van der Waals surface area contributed by atoms with E-state index < -0.39 is 5.54 Å². The first-order valence-electron chi connectivity index (χ1n) is 5.94. The fraction of sp³-hybridized carbons (Fsp3) is 0.727. The summed E-state index contributed by atoms with van der Waals surface area (Å²) in [6, 6.07) is 0. The standard InChI is InChI=1S/C11H21N5OS/c1-5-13-11(3,9(12)17)6-8(2)18-10-15-14-7-16(10)4/h7-8,13H,5-6H2,1-4H3,(H2,12,17). The molecule has 0 saturated heterocycles. The van der Waals surface area contributed by atoms with Gasteiger partial charge in [0, 0.05) is 12.3 Å². The number of hydrogen-bond acceptors (Lipinski definition) is 5. The summed E-state index contributed by atoms with van der Waals surface area (Å²) in [7, 11) is 1.90. The normalized spacial score (nSPS) is 16.2. The van der Waals surface area contributed by atoms with E-state index >= 15 is 0 Å². The van der Waals surface area contributed by atoms with Crippen molar-refractivity contribution in [1.29, 1.82) is 0 Å². The third kappa shape index (κ3) is 3.71. The van der Waals surface area contributed by atoms with Gasteiger partial charge in [-0.1, -0.05) is 25.6 Å². The Kier molecular flexibility index (Phi) is 5.15. The average molecular weight is 271 g/mol. The molecule has 7 heteroatoms. The molecule has 0 radical (unpaired) electrons. The average Bonchev–Trinajstić information content (AvgIpc) is 2.64. The van der Waals surface area contributed by atoms with Crippen molar-refractivity contribution in [3.63, 3.8) is 0 Å². The Bertz CT molecular complexity index is 408. The third-order valence-electron chi connectivity index (χ3n) is 2.78. The number of nitrogens with one attached hydrogen (secondary N) is 1. The summed E-state index contributed by atoms with van der Waals surface area (Å²) in [5.74, 6) is -0.324. The Hall–Kier alpha value is -1.08. The molecule has 1 aromatic rings. The number of hydrogen-bond donors (Lipinski definition) is 2. The lowest BCUT2D eigenvalue weighted by molar-refractivity contribution is -0.124. The summed E-state index contributed by atoms with van der Waals surface area (Å²) < 4.78 is 1.86. The number of carbonyl (C=O) groups excluding carboxylic acids is 1. The van der Waals surface area contributed by atoms with Crippen LogP contribution in [0, 0.1) is 0 Å². The minimum atomic E-state index is -0.681. The summed E-state index contributed by atoms with van der Waals surface area (Å²) in [6.07, 6.45) is 2.31. The van der Waals surface area contributed by atoms with Crippen LogP contribution in [0.15, 0.2) is 11.5 Å². The van der Waals surface area contributed by atoms with Crippen molar-refractivity contribution < 1.29 is 4.79 Å². The van der Waals surface area contributed by atoms with Crippen LogP contribution in [0.3, 0.4) is 0 Å². The molecule has 0 bridgehead atoms. The zero-order valence-corrected chi connectivity index (χ0v) is 12.1. The zero-order chi connectivity index (χ0) is 13.8. The molecule has 0 aromatic carbocycles. The van der Waals surface area contributed by atoms with Crippen LogP contribution < -0.4 is 11.1 Å². The summed E-state index contributed by atoms with van der Waals surface area (Å²) in [5, 5.41) is 12.0. The van der Waals surface area contributed by atoms with Gasteiger partial charge in [-0.2, -0.15) is 0 Å². The van der Waals surface area contributed by atoms with Crippen molar-refractivity contribution in [2.24, 2.45) is 12.8 Å². The number of nitrogens with two attached hydrogens (primary N) is 1. The number of rotatable bonds is 7. The molecule has 2 atom stereocenters. The Balaban J connectivity index is 2.65. The summed E-state index contributed by atoms with van der Waals surface area (Å²) in [4.78, 5) is 11.5. The van der Waals surface area contributed by atoms with Crippen LogP contribution in [0.1, 0.15) is 27.2 Å². The number of nitrogens with zero attached hydrogens (tertiary/aromatic N) is 3. The first-order valence-corrected chi connectivity index (χ1v) is 6.82. The fourth-order valence-corrected chi connectivity index (χ4v) is 2.91. The monoisotopic (exact) mass is 271 g/mol. The maximum atomic E-state index is 11.5. The predicted molar refractivity (Wildman–Crippen MR) is 72.2 cm³/mol. The van der Waals surface area contributed by atoms with Crippen LogP contribution >= 0.6 is 11.8 Å². The number of aryl methyl sites for hydroxylation is 1. The van der Waals surface area contributed by atoms with E-state index in [-0.39, 0.29) is 11.2 Å². The van der Waals surface area contributed by atoms with E-state index in [0.717, 1.165) is 5.16 Å². The summed E-state index contributed by atoms with van der Waals surface area (Å²) >= 11 is 1.59. The van der Waals surface area contributed by atoms with Gasteiger partial charge in [0.2, 0.25) is 5.91 Å². The molecule has 18 heavy (non-hydrogen) atoms. The van der Waals surface area contributed by atoms with E-state index in [1.54, 1.807) is 18.1 Å². The minimum absolute atomic E-state index is 0.212. The van der Waals surface area contributed by atoms with Gasteiger partial charge in [0.1, 0.15) is 6.33 Å². The van der Waals surface area contributed by atoms with Gasteiger partial charge in [-0.25, -0.2) is 0 Å². The molecule has 0 aliphatic rings. The van der Waals surface area contributed by atoms with Crippen molar-refractivity contribution in [3.8, 4) is 0 Å². The molecular weight excluding hydrogens is 250 g/mol. The molecule has 1 amide bonds. The van der Waals surface area contributed by atoms with E-state index in [2.05, 4.69) is 22.4 Å². The maximum absolute atomic E-state index is 11.5. The highest BCUT2D eigenvalue weighted by Gasteiger charge is 2.32. The number of amides is 1. The smallest absolute Gasteiger partial charge is 0.237 e. The lowest BCUT2D eigenvalue weighted by Crippen LogP contribution is -2.54. The van der Waals surface area contributed by atoms with Gasteiger partial charge in [-0.05, 0) is 19.9 Å². The maximum Gasteiger partial charge on any atom is 0.237 e. The lowest BCUT2D eigenvalue weighted by atomic mass is 9.95. The molecule has 1 heterocycles. The largest absolute Gasteiger partial charge is 0.368 e. The minimum Gasteiger partial charge on any atom is -0.368 e. The number of aromatic nitrogens is 3. The van der Waals surface area contributed by atoms with Gasteiger partial charge < -0.3 is 15.6 Å². The third-order valence-corrected chi connectivity index (χ3v) is 3.93. The summed E-state index contributed by atoms with van der Waals surface area (Å²) in [5.41, 5.74) is 4.78. The van der Waals surface area contributed by atoms with E-state index in [1.165, 1.54) is 0 Å². The molecular formula is C11H21N5OS. The van der Waals surface area contributed by atoms with Crippen LogP contribution in [-0.2, 0) is 11.8 Å². The van der Waals surface area contributed by atoms with Gasteiger partial charge >= 0.3 is 0 Å². The van der Waals surface area contributed by atoms with Gasteiger partial charge in [0.05, 0.1) is 5.54 Å². The first kappa shape index (κ1) is 15.0. The van der Waals surface area contributed by atoms with Crippen LogP contribution in [0.5, 0.6) is 0 Å². The molecule has 3 N–H and O–H groups in total. The number of primary amides is 1. The summed E-state index contributed by atoms with van der Waals surface area (Å²) in [6.45, 7) is 6.56. The molecule has 0 aliphatic heterocycles. The second-order valence-electron chi connectivity index (χ2n) is 4.58. The zero-order valence-electron chi connectivity index (χ0n) is 11.3. The number of thioether (sulfide) groups is 1. The topological polar surface area (TPSA) is 85.8 Å². The second-order valence-corrected chi connectivity index (χ2v) is 5.99. The predicted octanol–water partition coefficient (Wildman–Crippen LogP) is 0.539. The Morgan fingerprint density at radius 1 is 1.72 bits per heavy atom. The van der Waals surface area contributed by atoms with Crippen LogP contribution in [0.2, 0.25) is 0 Å². The molecule has 1 aromatic heterocycles. The second kappa shape index (κ2) is 6.19. The molecule has 0 aliphatic carbocycles. The van der Waals surface area contributed by atoms with Gasteiger partial charge in [0.25, 0.3) is 0 Å². The Labute approximate surface area is 112 Å². The number of carbonyl (C=O) groups is 1. The lowest BCUT2D eigenvalue weighted by Gasteiger charge is -2.29. The molecule has 0 spiro atoms. The molecule has 0 saturated carbocycles. The van der Waals surface area contributed by atoms with Crippen LogP contribution in [0.4, 0.5) is 0 Å². The van der Waals surface area contributed by atoms with E-state index in [9.17, 15) is 4.79 Å². The van der Waals surface area contributed by atoms with Crippen LogP contribution in [0.25, 0.3) is 0 Å². The Morgan fingerprint density at radius 2 is 2.39 bits per heavy atom. The fourth-order valence-electron chi connectivity index (χ4n) is 1.83. The highest BCUT2D eigenvalue weighted by atomic mass is 32.2. The van der Waals surface area contributed by atoms with E-state index in [4.69, 9.17) is 5.73 Å². The van der Waals surface area contributed by atoms with Crippen molar-refractivity contribution in [2.75, 3.05) is 6.54 Å². The van der Waals surface area contributed by atoms with E-state index in [0.29, 0.717) is 13.0 Å². The van der Waals surface area contributed by atoms with Crippen molar-refractivity contribution in [2.45, 2.75) is 43.1 Å². The van der Waals surface area contributed by atoms with Crippen molar-refractivity contribution >= 4 is 17.7 Å². The Morgan fingerprint density at radius 3 is 2.83 bits per heavy atom. The SMILES string of the molecule is CCNC(C)(CC(C)Sc1nncn1C)C(N)=O. The molecule has 6 nitrogen and oxygen atoms in total. The molecule has 102 valence electrons. The van der Waals surface area contributed by atoms with E-state index in [1.807, 2.05) is 25.5 Å². The number of likely N-dealkylation sites (N-methyl/N-ethyl adjacent to an activating group) is 1.